The first-order chi connectivity index (χ1) is 11.7. The fourth-order valence-corrected chi connectivity index (χ4v) is 5.56. The molecule has 1 saturated heterocycles. The molecule has 0 amide bonds. The van der Waals surface area contributed by atoms with Crippen LogP contribution in [-0.2, 0) is 19.9 Å². The fraction of sp³-hybridized carbons (Fsp3) is 0.333. The quantitative estimate of drug-likeness (QED) is 0.818. The zero-order valence-electron chi connectivity index (χ0n) is 14.2. The summed E-state index contributed by atoms with van der Waals surface area (Å²) in [5.41, 5.74) is 3.12. The summed E-state index contributed by atoms with van der Waals surface area (Å²) >= 11 is 0. The molecule has 134 valence electrons. The number of nitrogens with zero attached hydrogens (tertiary/aromatic N) is 1. The van der Waals surface area contributed by atoms with Crippen LogP contribution in [0.3, 0.4) is 0 Å². The number of sulfonamides is 1. The Labute approximate surface area is 149 Å². The molecule has 0 aliphatic carbocycles. The first-order valence-corrected chi connectivity index (χ1v) is 11.4. The summed E-state index contributed by atoms with van der Waals surface area (Å²) in [4.78, 5) is 0.192. The molecule has 2 aromatic rings. The predicted octanol–water partition coefficient (Wildman–Crippen LogP) is 2.47. The van der Waals surface area contributed by atoms with E-state index >= 15 is 0 Å². The zero-order chi connectivity index (χ0) is 18.2. The van der Waals surface area contributed by atoms with Crippen molar-refractivity contribution in [2.45, 2.75) is 23.5 Å². The molecule has 1 unspecified atom stereocenters. The van der Waals surface area contributed by atoms with Gasteiger partial charge in [-0.15, -0.1) is 0 Å². The topological polar surface area (TPSA) is 71.5 Å². The Bertz CT molecular complexity index is 963. The van der Waals surface area contributed by atoms with E-state index in [4.69, 9.17) is 0 Å². The van der Waals surface area contributed by atoms with Gasteiger partial charge >= 0.3 is 0 Å². The minimum atomic E-state index is -3.67. The van der Waals surface area contributed by atoms with Crippen LogP contribution in [0.5, 0.6) is 0 Å². The van der Waals surface area contributed by atoms with Gasteiger partial charge in [0.2, 0.25) is 10.0 Å². The number of rotatable bonds is 4. The number of hydrogen-bond donors (Lipinski definition) is 0. The first kappa shape index (κ1) is 18.1. The van der Waals surface area contributed by atoms with Crippen molar-refractivity contribution in [3.63, 3.8) is 0 Å². The van der Waals surface area contributed by atoms with Crippen LogP contribution in [0.25, 0.3) is 11.1 Å². The fourth-order valence-electron chi connectivity index (χ4n) is 2.98. The second-order valence-electron chi connectivity index (χ2n) is 6.49. The number of sulfone groups is 1. The highest BCUT2D eigenvalue weighted by molar-refractivity contribution is 7.91. The molecule has 25 heavy (non-hydrogen) atoms. The van der Waals surface area contributed by atoms with Gasteiger partial charge in [-0.05, 0) is 36.6 Å². The number of aryl methyl sites for hydroxylation is 1. The van der Waals surface area contributed by atoms with Crippen LogP contribution in [0, 0.1) is 6.92 Å². The second kappa shape index (κ2) is 6.55. The SMILES string of the molecule is Cc1ccc(-c2ccc(S(=O)(=O)N3CCC(S(C)(=O)=O)C3)cc2)cc1. The minimum absolute atomic E-state index is 0.0287. The molecule has 7 heteroatoms. The summed E-state index contributed by atoms with van der Waals surface area (Å²) < 4.78 is 50.0. The Morgan fingerprint density at radius 2 is 1.40 bits per heavy atom. The van der Waals surface area contributed by atoms with Crippen molar-refractivity contribution in [3.05, 3.63) is 54.1 Å². The molecule has 0 saturated carbocycles. The lowest BCUT2D eigenvalue weighted by Gasteiger charge is -2.16. The van der Waals surface area contributed by atoms with E-state index in [1.54, 1.807) is 24.3 Å². The molecule has 2 aromatic carbocycles. The molecule has 1 aliphatic heterocycles. The minimum Gasteiger partial charge on any atom is -0.229 e. The third kappa shape index (κ3) is 3.78. The van der Waals surface area contributed by atoms with Gasteiger partial charge in [-0.3, -0.25) is 0 Å². The highest BCUT2D eigenvalue weighted by Gasteiger charge is 2.36. The van der Waals surface area contributed by atoms with Gasteiger partial charge in [0.05, 0.1) is 10.1 Å². The average Bonchev–Trinajstić information content (AvgIpc) is 3.07. The van der Waals surface area contributed by atoms with Crippen LogP contribution >= 0.6 is 0 Å². The summed E-state index contributed by atoms with van der Waals surface area (Å²) in [6, 6.07) is 14.7. The van der Waals surface area contributed by atoms with E-state index in [0.29, 0.717) is 6.42 Å². The Hall–Kier alpha value is -1.70. The van der Waals surface area contributed by atoms with Crippen molar-refractivity contribution in [2.24, 2.45) is 0 Å². The van der Waals surface area contributed by atoms with Crippen molar-refractivity contribution in [3.8, 4) is 11.1 Å². The van der Waals surface area contributed by atoms with E-state index in [1.165, 1.54) is 4.31 Å². The molecule has 0 N–H and O–H groups in total. The average molecular weight is 380 g/mol. The maximum Gasteiger partial charge on any atom is 0.243 e. The van der Waals surface area contributed by atoms with Gasteiger partial charge in [0.15, 0.2) is 9.84 Å². The molecular formula is C18H21NO4S2. The van der Waals surface area contributed by atoms with Crippen molar-refractivity contribution >= 4 is 19.9 Å². The molecule has 0 bridgehead atoms. The van der Waals surface area contributed by atoms with Crippen molar-refractivity contribution in [1.82, 2.24) is 4.31 Å². The van der Waals surface area contributed by atoms with Crippen molar-refractivity contribution < 1.29 is 16.8 Å². The lowest BCUT2D eigenvalue weighted by atomic mass is 10.0. The Balaban J connectivity index is 1.83. The molecule has 1 fully saturated rings. The second-order valence-corrected chi connectivity index (χ2v) is 10.8. The van der Waals surface area contributed by atoms with Gasteiger partial charge in [0.25, 0.3) is 0 Å². The third-order valence-corrected chi connectivity index (χ3v) is 8.07. The summed E-state index contributed by atoms with van der Waals surface area (Å²) in [5, 5.41) is -0.617. The maximum absolute atomic E-state index is 12.7. The van der Waals surface area contributed by atoms with E-state index in [9.17, 15) is 16.8 Å². The van der Waals surface area contributed by atoms with Crippen LogP contribution in [-0.4, -0.2) is 45.7 Å². The standard InChI is InChI=1S/C18H21NO4S2/c1-14-3-5-15(6-4-14)16-7-9-17(10-8-16)25(22,23)19-12-11-18(13-19)24(2,20)21/h3-10,18H,11-13H2,1-2H3. The highest BCUT2D eigenvalue weighted by Crippen LogP contribution is 2.26. The van der Waals surface area contributed by atoms with Crippen LogP contribution in [0.2, 0.25) is 0 Å². The highest BCUT2D eigenvalue weighted by atomic mass is 32.2. The molecule has 0 aromatic heterocycles. The molecule has 0 radical (unpaired) electrons. The summed E-state index contributed by atoms with van der Waals surface area (Å²) in [5.74, 6) is 0. The van der Waals surface area contributed by atoms with E-state index in [2.05, 4.69) is 0 Å². The monoisotopic (exact) mass is 379 g/mol. The van der Waals surface area contributed by atoms with Crippen LogP contribution in [0.4, 0.5) is 0 Å². The first-order valence-electron chi connectivity index (χ1n) is 8.04. The van der Waals surface area contributed by atoms with Crippen LogP contribution < -0.4 is 0 Å². The van der Waals surface area contributed by atoms with E-state index < -0.39 is 25.1 Å². The van der Waals surface area contributed by atoms with Gasteiger partial charge in [0.1, 0.15) is 0 Å². The molecule has 0 spiro atoms. The Kier molecular flexibility index (Phi) is 4.74. The van der Waals surface area contributed by atoms with Gasteiger partial charge < -0.3 is 0 Å². The zero-order valence-corrected chi connectivity index (χ0v) is 15.8. The summed E-state index contributed by atoms with van der Waals surface area (Å²) in [7, 11) is -6.90. The van der Waals surface area contributed by atoms with Gasteiger partial charge in [-0.25, -0.2) is 16.8 Å². The molecule has 1 heterocycles. The van der Waals surface area contributed by atoms with Crippen LogP contribution in [0.15, 0.2) is 53.4 Å². The van der Waals surface area contributed by atoms with E-state index in [1.807, 2.05) is 31.2 Å². The van der Waals surface area contributed by atoms with Crippen LogP contribution in [0.1, 0.15) is 12.0 Å². The smallest absolute Gasteiger partial charge is 0.229 e. The maximum atomic E-state index is 12.7. The normalized spacial score (nSPS) is 19.2. The number of hydrogen-bond acceptors (Lipinski definition) is 4. The summed E-state index contributed by atoms with van der Waals surface area (Å²) in [6.45, 7) is 2.28. The van der Waals surface area contributed by atoms with Crippen molar-refractivity contribution in [1.29, 1.82) is 0 Å². The molecule has 1 atom stereocenters. The molecular weight excluding hydrogens is 358 g/mol. The largest absolute Gasteiger partial charge is 0.243 e. The van der Waals surface area contributed by atoms with E-state index in [-0.39, 0.29) is 18.0 Å². The third-order valence-electron chi connectivity index (χ3n) is 4.59. The number of benzene rings is 2. The summed E-state index contributed by atoms with van der Waals surface area (Å²) in [6.07, 6.45) is 1.50. The van der Waals surface area contributed by atoms with Gasteiger partial charge in [-0.2, -0.15) is 4.31 Å². The lowest BCUT2D eigenvalue weighted by Crippen LogP contribution is -2.31. The molecule has 1 aliphatic rings. The Morgan fingerprint density at radius 1 is 0.880 bits per heavy atom. The lowest BCUT2D eigenvalue weighted by molar-refractivity contribution is 0.477. The van der Waals surface area contributed by atoms with Gasteiger partial charge in [0, 0.05) is 19.3 Å². The van der Waals surface area contributed by atoms with Gasteiger partial charge in [-0.1, -0.05) is 42.0 Å². The van der Waals surface area contributed by atoms with E-state index in [0.717, 1.165) is 22.9 Å². The molecule has 5 nitrogen and oxygen atoms in total. The van der Waals surface area contributed by atoms with Crippen molar-refractivity contribution in [2.75, 3.05) is 19.3 Å². The predicted molar refractivity (Wildman–Crippen MR) is 98.6 cm³/mol. The molecule has 3 rings (SSSR count). The Morgan fingerprint density at radius 3 is 1.88 bits per heavy atom.